The first-order valence-corrected chi connectivity index (χ1v) is 12.0. The number of benzene rings is 1. The highest BCUT2D eigenvalue weighted by molar-refractivity contribution is 7.91. The fourth-order valence-corrected chi connectivity index (χ4v) is 6.41. The van der Waals surface area contributed by atoms with E-state index in [4.69, 9.17) is 4.42 Å². The largest absolute Gasteiger partial charge is 0.442 e. The molecule has 2 heterocycles. The van der Waals surface area contributed by atoms with Gasteiger partial charge in [-0.1, -0.05) is 38.1 Å². The standard InChI is InChI=1S/C22H26N2O4S2/c1-14(2)12-17-13-18(21(29-17)30(26,27)24-22(3,4)5)15-6-8-16(9-7-15)19(25)20-23-10-11-28-20/h6-11,13-14,24H,12H2,1-5H3. The van der Waals surface area contributed by atoms with E-state index in [1.54, 1.807) is 24.3 Å². The van der Waals surface area contributed by atoms with Crippen LogP contribution in [0.1, 0.15) is 55.7 Å². The zero-order valence-corrected chi connectivity index (χ0v) is 19.4. The van der Waals surface area contributed by atoms with Crippen LogP contribution in [0.15, 0.2) is 51.4 Å². The molecule has 0 aliphatic carbocycles. The minimum absolute atomic E-state index is 0.0233. The van der Waals surface area contributed by atoms with Gasteiger partial charge in [-0.15, -0.1) is 11.3 Å². The molecule has 1 aromatic carbocycles. The summed E-state index contributed by atoms with van der Waals surface area (Å²) in [6, 6.07) is 8.78. The smallest absolute Gasteiger partial charge is 0.268 e. The summed E-state index contributed by atoms with van der Waals surface area (Å²) in [5.41, 5.74) is 1.21. The summed E-state index contributed by atoms with van der Waals surface area (Å²) in [7, 11) is -3.70. The molecule has 8 heteroatoms. The molecular weight excluding hydrogens is 420 g/mol. The first-order valence-electron chi connectivity index (χ1n) is 9.67. The Balaban J connectivity index is 2.02. The van der Waals surface area contributed by atoms with Crippen molar-refractivity contribution in [3.05, 3.63) is 59.1 Å². The molecule has 3 rings (SSSR count). The molecule has 0 radical (unpaired) electrons. The molecule has 160 valence electrons. The number of sulfonamides is 1. The molecular formula is C22H26N2O4S2. The van der Waals surface area contributed by atoms with Crippen LogP contribution < -0.4 is 4.72 Å². The Hall–Kier alpha value is -2.29. The average molecular weight is 447 g/mol. The molecule has 0 spiro atoms. The van der Waals surface area contributed by atoms with Gasteiger partial charge in [-0.05, 0) is 44.7 Å². The van der Waals surface area contributed by atoms with Gasteiger partial charge in [0, 0.05) is 21.5 Å². The number of aromatic nitrogens is 1. The van der Waals surface area contributed by atoms with E-state index in [1.807, 2.05) is 26.8 Å². The third kappa shape index (κ3) is 5.24. The lowest BCUT2D eigenvalue weighted by Gasteiger charge is -2.20. The molecule has 0 unspecified atom stereocenters. The second-order valence-electron chi connectivity index (χ2n) is 8.61. The number of carbonyl (C=O) groups is 1. The Morgan fingerprint density at radius 1 is 1.20 bits per heavy atom. The Kier molecular flexibility index (Phi) is 6.31. The predicted molar refractivity (Wildman–Crippen MR) is 118 cm³/mol. The summed E-state index contributed by atoms with van der Waals surface area (Å²) in [6.07, 6.45) is 3.56. The van der Waals surface area contributed by atoms with E-state index in [0.29, 0.717) is 21.3 Å². The molecule has 0 atom stereocenters. The number of ketones is 1. The van der Waals surface area contributed by atoms with E-state index < -0.39 is 15.6 Å². The second kappa shape index (κ2) is 8.45. The normalized spacial score (nSPS) is 12.5. The van der Waals surface area contributed by atoms with Gasteiger partial charge in [0.1, 0.15) is 10.5 Å². The van der Waals surface area contributed by atoms with Crippen LogP contribution in [0.3, 0.4) is 0 Å². The SMILES string of the molecule is CC(C)Cc1cc(-c2ccc(C(=O)c3ncco3)cc2)c(S(=O)(=O)NC(C)(C)C)s1. The summed E-state index contributed by atoms with van der Waals surface area (Å²) < 4.78 is 34.3. The molecule has 0 aliphatic rings. The van der Waals surface area contributed by atoms with E-state index in [0.717, 1.165) is 16.9 Å². The number of nitrogens with one attached hydrogen (secondary N) is 1. The van der Waals surface area contributed by atoms with Gasteiger partial charge in [0.15, 0.2) is 0 Å². The summed E-state index contributed by atoms with van der Waals surface area (Å²) in [4.78, 5) is 17.3. The lowest BCUT2D eigenvalue weighted by atomic mass is 10.0. The summed E-state index contributed by atoms with van der Waals surface area (Å²) >= 11 is 1.30. The van der Waals surface area contributed by atoms with Crippen LogP contribution >= 0.6 is 11.3 Å². The molecule has 2 aromatic heterocycles. The molecule has 6 nitrogen and oxygen atoms in total. The molecule has 0 fully saturated rings. The molecule has 0 aliphatic heterocycles. The Morgan fingerprint density at radius 3 is 2.40 bits per heavy atom. The van der Waals surface area contributed by atoms with E-state index in [-0.39, 0.29) is 11.7 Å². The van der Waals surface area contributed by atoms with Gasteiger partial charge in [0.2, 0.25) is 5.78 Å². The maximum atomic E-state index is 13.1. The summed E-state index contributed by atoms with van der Waals surface area (Å²) in [5.74, 6) is 0.109. The molecule has 30 heavy (non-hydrogen) atoms. The molecule has 1 N–H and O–H groups in total. The first-order chi connectivity index (χ1) is 14.0. The van der Waals surface area contributed by atoms with Gasteiger partial charge in [-0.3, -0.25) is 4.79 Å². The topological polar surface area (TPSA) is 89.3 Å². The Bertz CT molecular complexity index is 1120. The molecule has 0 amide bonds. The maximum Gasteiger partial charge on any atom is 0.268 e. The Morgan fingerprint density at radius 2 is 1.87 bits per heavy atom. The van der Waals surface area contributed by atoms with Crippen LogP contribution in [0.2, 0.25) is 0 Å². The van der Waals surface area contributed by atoms with Gasteiger partial charge >= 0.3 is 0 Å². The quantitative estimate of drug-likeness (QED) is 0.521. The fraction of sp³-hybridized carbons (Fsp3) is 0.364. The number of carbonyl (C=O) groups excluding carboxylic acids is 1. The number of thiophene rings is 1. The van der Waals surface area contributed by atoms with Crippen molar-refractivity contribution < 1.29 is 17.6 Å². The fourth-order valence-electron chi connectivity index (χ4n) is 3.04. The lowest BCUT2D eigenvalue weighted by molar-refractivity contribution is 0.100. The van der Waals surface area contributed by atoms with E-state index in [2.05, 4.69) is 23.6 Å². The highest BCUT2D eigenvalue weighted by Gasteiger charge is 2.28. The van der Waals surface area contributed by atoms with Crippen molar-refractivity contribution >= 4 is 27.1 Å². The van der Waals surface area contributed by atoms with Crippen molar-refractivity contribution in [2.75, 3.05) is 0 Å². The van der Waals surface area contributed by atoms with Crippen LogP contribution in [-0.4, -0.2) is 24.7 Å². The van der Waals surface area contributed by atoms with E-state index in [1.165, 1.54) is 23.8 Å². The van der Waals surface area contributed by atoms with Gasteiger partial charge in [-0.25, -0.2) is 18.1 Å². The maximum absolute atomic E-state index is 13.1. The van der Waals surface area contributed by atoms with Crippen molar-refractivity contribution in [3.8, 4) is 11.1 Å². The molecule has 0 saturated carbocycles. The van der Waals surface area contributed by atoms with Crippen molar-refractivity contribution in [2.24, 2.45) is 5.92 Å². The average Bonchev–Trinajstić information content (AvgIpc) is 3.29. The molecule has 0 saturated heterocycles. The number of hydrogen-bond donors (Lipinski definition) is 1. The van der Waals surface area contributed by atoms with Crippen molar-refractivity contribution in [1.29, 1.82) is 0 Å². The van der Waals surface area contributed by atoms with Gasteiger partial charge in [-0.2, -0.15) is 0 Å². The molecule has 3 aromatic rings. The Labute approximate surface area is 181 Å². The van der Waals surface area contributed by atoms with Gasteiger partial charge < -0.3 is 4.42 Å². The van der Waals surface area contributed by atoms with Crippen LogP contribution in [0.5, 0.6) is 0 Å². The number of hydrogen-bond acceptors (Lipinski definition) is 6. The minimum atomic E-state index is -3.70. The van der Waals surface area contributed by atoms with Crippen molar-refractivity contribution in [1.82, 2.24) is 9.71 Å². The van der Waals surface area contributed by atoms with Crippen LogP contribution in [-0.2, 0) is 16.4 Å². The third-order valence-corrected chi connectivity index (χ3v) is 7.58. The highest BCUT2D eigenvalue weighted by Crippen LogP contribution is 2.37. The number of nitrogens with zero attached hydrogens (tertiary/aromatic N) is 1. The zero-order valence-electron chi connectivity index (χ0n) is 17.7. The van der Waals surface area contributed by atoms with Crippen LogP contribution in [0.4, 0.5) is 0 Å². The predicted octanol–water partition coefficient (Wildman–Crippen LogP) is 4.91. The number of oxazole rings is 1. The zero-order chi connectivity index (χ0) is 22.1. The van der Waals surface area contributed by atoms with Crippen LogP contribution in [0.25, 0.3) is 11.1 Å². The van der Waals surface area contributed by atoms with E-state index in [9.17, 15) is 13.2 Å². The van der Waals surface area contributed by atoms with Crippen LogP contribution in [0, 0.1) is 5.92 Å². The van der Waals surface area contributed by atoms with Gasteiger partial charge in [0.25, 0.3) is 15.9 Å². The van der Waals surface area contributed by atoms with E-state index >= 15 is 0 Å². The number of rotatable bonds is 7. The minimum Gasteiger partial charge on any atom is -0.442 e. The van der Waals surface area contributed by atoms with Crippen molar-refractivity contribution in [2.45, 2.75) is 50.8 Å². The summed E-state index contributed by atoms with van der Waals surface area (Å²) in [6.45, 7) is 9.65. The third-order valence-electron chi connectivity index (χ3n) is 4.13. The van der Waals surface area contributed by atoms with Crippen molar-refractivity contribution in [3.63, 3.8) is 0 Å². The first kappa shape index (κ1) is 22.4. The summed E-state index contributed by atoms with van der Waals surface area (Å²) in [5, 5.41) is 0. The van der Waals surface area contributed by atoms with Gasteiger partial charge in [0.05, 0.1) is 6.20 Å². The highest BCUT2D eigenvalue weighted by atomic mass is 32.2. The monoisotopic (exact) mass is 446 g/mol. The molecule has 0 bridgehead atoms. The lowest BCUT2D eigenvalue weighted by Crippen LogP contribution is -2.40. The second-order valence-corrected chi connectivity index (χ2v) is 11.6.